The molecule has 2 aromatic rings. The van der Waals surface area contributed by atoms with E-state index >= 15 is 0 Å². The lowest BCUT2D eigenvalue weighted by Crippen LogP contribution is -2.02. The SMILES string of the molecule is COc1ccc(Cl)cc1-c1c(C(=O)O)ncn1C. The molecular weight excluding hydrogens is 256 g/mol. The van der Waals surface area contributed by atoms with E-state index in [9.17, 15) is 4.79 Å². The van der Waals surface area contributed by atoms with Gasteiger partial charge in [-0.25, -0.2) is 9.78 Å². The van der Waals surface area contributed by atoms with Gasteiger partial charge in [-0.3, -0.25) is 0 Å². The molecule has 94 valence electrons. The largest absolute Gasteiger partial charge is 0.496 e. The van der Waals surface area contributed by atoms with Gasteiger partial charge in [0.1, 0.15) is 5.75 Å². The van der Waals surface area contributed by atoms with Gasteiger partial charge >= 0.3 is 5.97 Å². The van der Waals surface area contributed by atoms with Crippen molar-refractivity contribution in [3.8, 4) is 17.0 Å². The number of benzene rings is 1. The summed E-state index contributed by atoms with van der Waals surface area (Å²) in [7, 11) is 3.23. The summed E-state index contributed by atoms with van der Waals surface area (Å²) in [4.78, 5) is 15.0. The lowest BCUT2D eigenvalue weighted by Gasteiger charge is -2.10. The second-order valence-electron chi connectivity index (χ2n) is 3.70. The number of ether oxygens (including phenoxy) is 1. The van der Waals surface area contributed by atoms with Gasteiger partial charge in [-0.15, -0.1) is 0 Å². The number of carbonyl (C=O) groups is 1. The molecule has 0 radical (unpaired) electrons. The number of imidazole rings is 1. The van der Waals surface area contributed by atoms with Crippen LogP contribution in [0.25, 0.3) is 11.3 Å². The van der Waals surface area contributed by atoms with Crippen LogP contribution in [0.4, 0.5) is 0 Å². The van der Waals surface area contributed by atoms with Crippen molar-refractivity contribution in [2.75, 3.05) is 7.11 Å². The lowest BCUT2D eigenvalue weighted by atomic mass is 10.1. The highest BCUT2D eigenvalue weighted by atomic mass is 35.5. The molecule has 0 atom stereocenters. The van der Waals surface area contributed by atoms with Crippen molar-refractivity contribution in [2.45, 2.75) is 0 Å². The number of nitrogens with zero attached hydrogens (tertiary/aromatic N) is 2. The number of aryl methyl sites for hydroxylation is 1. The quantitative estimate of drug-likeness (QED) is 0.927. The second kappa shape index (κ2) is 4.70. The smallest absolute Gasteiger partial charge is 0.356 e. The van der Waals surface area contributed by atoms with E-state index in [-0.39, 0.29) is 5.69 Å². The molecule has 0 saturated carbocycles. The molecule has 0 bridgehead atoms. The molecule has 0 spiro atoms. The molecule has 0 saturated heterocycles. The summed E-state index contributed by atoms with van der Waals surface area (Å²) < 4.78 is 6.84. The number of rotatable bonds is 3. The Kier molecular flexibility index (Phi) is 3.25. The monoisotopic (exact) mass is 266 g/mol. The zero-order chi connectivity index (χ0) is 13.3. The van der Waals surface area contributed by atoms with Crippen LogP contribution in [0.5, 0.6) is 5.75 Å². The Bertz CT molecular complexity index is 607. The van der Waals surface area contributed by atoms with E-state index in [1.807, 2.05) is 0 Å². The Morgan fingerprint density at radius 1 is 1.50 bits per heavy atom. The summed E-state index contributed by atoms with van der Waals surface area (Å²) in [6, 6.07) is 5.03. The van der Waals surface area contributed by atoms with Crippen LogP contribution in [-0.2, 0) is 7.05 Å². The van der Waals surface area contributed by atoms with E-state index in [1.165, 1.54) is 13.4 Å². The van der Waals surface area contributed by atoms with E-state index in [2.05, 4.69) is 4.98 Å². The summed E-state index contributed by atoms with van der Waals surface area (Å²) in [6.07, 6.45) is 1.44. The Labute approximate surface area is 109 Å². The minimum atomic E-state index is -1.09. The van der Waals surface area contributed by atoms with Gasteiger partial charge in [0.05, 0.1) is 19.1 Å². The van der Waals surface area contributed by atoms with Crippen molar-refractivity contribution in [3.05, 3.63) is 35.2 Å². The summed E-state index contributed by atoms with van der Waals surface area (Å²) in [5.41, 5.74) is 1.03. The van der Waals surface area contributed by atoms with Crippen molar-refractivity contribution < 1.29 is 14.6 Å². The second-order valence-corrected chi connectivity index (χ2v) is 4.14. The molecule has 2 rings (SSSR count). The molecule has 0 amide bonds. The maximum Gasteiger partial charge on any atom is 0.356 e. The zero-order valence-corrected chi connectivity index (χ0v) is 10.6. The fourth-order valence-electron chi connectivity index (χ4n) is 1.77. The molecule has 1 N–H and O–H groups in total. The van der Waals surface area contributed by atoms with E-state index in [0.717, 1.165) is 0 Å². The molecule has 18 heavy (non-hydrogen) atoms. The number of halogens is 1. The minimum Gasteiger partial charge on any atom is -0.496 e. The highest BCUT2D eigenvalue weighted by molar-refractivity contribution is 6.31. The first-order chi connectivity index (χ1) is 8.54. The van der Waals surface area contributed by atoms with Crippen LogP contribution in [0.2, 0.25) is 5.02 Å². The molecule has 0 aliphatic rings. The molecule has 0 fully saturated rings. The van der Waals surface area contributed by atoms with Gasteiger partial charge in [0.2, 0.25) is 0 Å². The Hall–Kier alpha value is -2.01. The fourth-order valence-corrected chi connectivity index (χ4v) is 1.94. The molecule has 5 nitrogen and oxygen atoms in total. The molecule has 0 unspecified atom stereocenters. The van der Waals surface area contributed by atoms with Crippen LogP contribution >= 0.6 is 11.6 Å². The third-order valence-electron chi connectivity index (χ3n) is 2.56. The fraction of sp³-hybridized carbons (Fsp3) is 0.167. The maximum atomic E-state index is 11.1. The summed E-state index contributed by atoms with van der Waals surface area (Å²) in [5, 5.41) is 9.63. The van der Waals surface area contributed by atoms with Crippen LogP contribution in [0.3, 0.4) is 0 Å². The zero-order valence-electron chi connectivity index (χ0n) is 9.85. The van der Waals surface area contributed by atoms with Gasteiger partial charge in [-0.05, 0) is 18.2 Å². The van der Waals surface area contributed by atoms with E-state index in [1.54, 1.807) is 29.8 Å². The van der Waals surface area contributed by atoms with Crippen molar-refractivity contribution in [1.82, 2.24) is 9.55 Å². The molecular formula is C12H11ClN2O3. The van der Waals surface area contributed by atoms with Crippen molar-refractivity contribution in [3.63, 3.8) is 0 Å². The highest BCUT2D eigenvalue weighted by Crippen LogP contribution is 2.33. The summed E-state index contributed by atoms with van der Waals surface area (Å²) in [5.74, 6) is -0.543. The Balaban J connectivity index is 2.71. The van der Waals surface area contributed by atoms with Gasteiger partial charge in [0.15, 0.2) is 5.69 Å². The van der Waals surface area contributed by atoms with E-state index in [4.69, 9.17) is 21.4 Å². The highest BCUT2D eigenvalue weighted by Gasteiger charge is 2.20. The minimum absolute atomic E-state index is 0.0296. The van der Waals surface area contributed by atoms with Gasteiger partial charge < -0.3 is 14.4 Å². The van der Waals surface area contributed by atoms with Gasteiger partial charge in [-0.1, -0.05) is 11.6 Å². The third kappa shape index (κ3) is 2.04. The van der Waals surface area contributed by atoms with Crippen LogP contribution in [0, 0.1) is 0 Å². The van der Waals surface area contributed by atoms with Crippen molar-refractivity contribution in [2.24, 2.45) is 7.05 Å². The van der Waals surface area contributed by atoms with E-state index in [0.29, 0.717) is 22.0 Å². The first-order valence-electron chi connectivity index (χ1n) is 5.13. The number of aromatic nitrogens is 2. The normalized spacial score (nSPS) is 10.4. The predicted octanol–water partition coefficient (Wildman–Crippen LogP) is 2.45. The van der Waals surface area contributed by atoms with Crippen molar-refractivity contribution >= 4 is 17.6 Å². The number of methoxy groups -OCH3 is 1. The summed E-state index contributed by atoms with van der Waals surface area (Å²) in [6.45, 7) is 0. The maximum absolute atomic E-state index is 11.1. The number of aromatic carboxylic acids is 1. The first kappa shape index (κ1) is 12.4. The Morgan fingerprint density at radius 2 is 2.22 bits per heavy atom. The molecule has 1 aromatic heterocycles. The molecule has 0 aliphatic carbocycles. The first-order valence-corrected chi connectivity index (χ1v) is 5.51. The predicted molar refractivity (Wildman–Crippen MR) is 67.2 cm³/mol. The average Bonchev–Trinajstić information content (AvgIpc) is 2.71. The van der Waals surface area contributed by atoms with Gasteiger partial charge in [0, 0.05) is 17.6 Å². The third-order valence-corrected chi connectivity index (χ3v) is 2.79. The van der Waals surface area contributed by atoms with Crippen LogP contribution in [0.1, 0.15) is 10.5 Å². The molecule has 6 heteroatoms. The van der Waals surface area contributed by atoms with E-state index < -0.39 is 5.97 Å². The van der Waals surface area contributed by atoms with Gasteiger partial charge in [-0.2, -0.15) is 0 Å². The van der Waals surface area contributed by atoms with Crippen molar-refractivity contribution in [1.29, 1.82) is 0 Å². The standard InChI is InChI=1S/C12H11ClN2O3/c1-15-6-14-10(12(16)17)11(15)8-5-7(13)3-4-9(8)18-2/h3-6H,1-2H3,(H,16,17). The number of hydrogen-bond acceptors (Lipinski definition) is 3. The molecule has 0 aliphatic heterocycles. The van der Waals surface area contributed by atoms with Crippen LogP contribution in [-0.4, -0.2) is 27.7 Å². The topological polar surface area (TPSA) is 64.3 Å². The average molecular weight is 267 g/mol. The number of hydrogen-bond donors (Lipinski definition) is 1. The van der Waals surface area contributed by atoms with Gasteiger partial charge in [0.25, 0.3) is 0 Å². The molecule has 1 aromatic carbocycles. The van der Waals surface area contributed by atoms with Crippen LogP contribution in [0.15, 0.2) is 24.5 Å². The lowest BCUT2D eigenvalue weighted by molar-refractivity contribution is 0.0692. The van der Waals surface area contributed by atoms with Crippen LogP contribution < -0.4 is 4.74 Å². The molecule has 1 heterocycles. The summed E-state index contributed by atoms with van der Waals surface area (Å²) >= 11 is 5.94. The Morgan fingerprint density at radius 3 is 2.83 bits per heavy atom. The number of carboxylic acid groups (broad SMARTS) is 1. The number of carboxylic acids is 1.